The van der Waals surface area contributed by atoms with Crippen LogP contribution in [-0.2, 0) is 11.3 Å². The van der Waals surface area contributed by atoms with E-state index in [-0.39, 0.29) is 6.09 Å². The van der Waals surface area contributed by atoms with Gasteiger partial charge in [-0.1, -0.05) is 36.4 Å². The lowest BCUT2D eigenvalue weighted by atomic mass is 9.98. The first kappa shape index (κ1) is 22.2. The quantitative estimate of drug-likeness (QED) is 0.604. The predicted octanol–water partition coefficient (Wildman–Crippen LogP) is 5.13. The lowest BCUT2D eigenvalue weighted by Crippen LogP contribution is -2.43. The number of fused-ring (bicyclic) bond motifs is 1. The largest absolute Gasteiger partial charge is 0.444 e. The van der Waals surface area contributed by atoms with Crippen molar-refractivity contribution in [2.45, 2.75) is 52.7 Å². The minimum atomic E-state index is -0.483. The normalized spacial score (nSPS) is 16.9. The van der Waals surface area contributed by atoms with Crippen LogP contribution in [-0.4, -0.2) is 40.9 Å². The molecule has 170 valence electrons. The van der Waals surface area contributed by atoms with Crippen molar-refractivity contribution in [1.82, 2.24) is 14.9 Å². The Balaban J connectivity index is 1.53. The molecule has 0 bridgehead atoms. The fraction of sp³-hybridized carbons (Fsp3) is 0.462. The highest BCUT2D eigenvalue weighted by molar-refractivity contribution is 5.79. The molecule has 0 unspecified atom stereocenters. The Morgan fingerprint density at radius 2 is 1.91 bits per heavy atom. The molecule has 6 heteroatoms. The molecule has 3 aromatic rings. The number of imidazole rings is 1. The Labute approximate surface area is 190 Å². The Morgan fingerprint density at radius 3 is 2.69 bits per heavy atom. The first-order chi connectivity index (χ1) is 15.3. The number of amides is 1. The highest BCUT2D eigenvalue weighted by Gasteiger charge is 2.26. The fourth-order valence-electron chi connectivity index (χ4n) is 4.37. The standard InChI is InChI=1S/C26H34N4O2/c1-19-10-5-6-12-21(19)18-30-23-14-8-7-13-22(23)28-24(30)29-15-9-11-20(17-29)16-27-25(31)32-26(2,3)4/h5-8,10,12-14,20H,9,11,15-18H2,1-4H3,(H,27,31)/t20-/m1/s1. The zero-order valence-corrected chi connectivity index (χ0v) is 19.6. The SMILES string of the molecule is Cc1ccccc1Cn1c(N2CCC[C@H](CNC(=O)OC(C)(C)C)C2)nc2ccccc21. The summed E-state index contributed by atoms with van der Waals surface area (Å²) in [6.07, 6.45) is 1.82. The maximum atomic E-state index is 12.1. The number of para-hydroxylation sites is 2. The number of hydrogen-bond donors (Lipinski definition) is 1. The molecular formula is C26H34N4O2. The van der Waals surface area contributed by atoms with Gasteiger partial charge in [-0.3, -0.25) is 0 Å². The summed E-state index contributed by atoms with van der Waals surface area (Å²) >= 11 is 0. The van der Waals surface area contributed by atoms with E-state index in [0.717, 1.165) is 49.5 Å². The Kier molecular flexibility index (Phi) is 6.40. The molecule has 4 rings (SSSR count). The third kappa shape index (κ3) is 5.23. The van der Waals surface area contributed by atoms with Crippen molar-refractivity contribution in [2.75, 3.05) is 24.5 Å². The van der Waals surface area contributed by atoms with E-state index >= 15 is 0 Å². The second-order valence-electron chi connectivity index (χ2n) is 9.75. The van der Waals surface area contributed by atoms with Gasteiger partial charge in [0.05, 0.1) is 17.6 Å². The summed E-state index contributed by atoms with van der Waals surface area (Å²) < 4.78 is 7.73. The lowest BCUT2D eigenvalue weighted by Gasteiger charge is -2.34. The Morgan fingerprint density at radius 1 is 1.16 bits per heavy atom. The second-order valence-corrected chi connectivity index (χ2v) is 9.75. The van der Waals surface area contributed by atoms with Gasteiger partial charge in [-0.2, -0.15) is 0 Å². The predicted molar refractivity (Wildman–Crippen MR) is 129 cm³/mol. The summed E-state index contributed by atoms with van der Waals surface area (Å²) in [5.74, 6) is 1.37. The summed E-state index contributed by atoms with van der Waals surface area (Å²) in [7, 11) is 0. The Hall–Kier alpha value is -3.02. The maximum absolute atomic E-state index is 12.1. The van der Waals surface area contributed by atoms with Crippen LogP contribution in [0.4, 0.5) is 10.7 Å². The molecular weight excluding hydrogens is 400 g/mol. The van der Waals surface area contributed by atoms with Crippen LogP contribution in [0.2, 0.25) is 0 Å². The molecule has 6 nitrogen and oxygen atoms in total. The van der Waals surface area contributed by atoms with Crippen LogP contribution in [0, 0.1) is 12.8 Å². The molecule has 2 heterocycles. The molecule has 1 amide bonds. The van der Waals surface area contributed by atoms with Crippen molar-refractivity contribution in [2.24, 2.45) is 5.92 Å². The number of carbonyl (C=O) groups is 1. The van der Waals surface area contributed by atoms with E-state index in [1.807, 2.05) is 26.8 Å². The van der Waals surface area contributed by atoms with Crippen LogP contribution < -0.4 is 10.2 Å². The van der Waals surface area contributed by atoms with Crippen molar-refractivity contribution in [3.05, 3.63) is 59.7 Å². The number of aromatic nitrogens is 2. The number of nitrogens with one attached hydrogen (secondary N) is 1. The van der Waals surface area contributed by atoms with E-state index in [1.165, 1.54) is 11.1 Å². The number of aryl methyl sites for hydroxylation is 1. The zero-order chi connectivity index (χ0) is 22.7. The van der Waals surface area contributed by atoms with Gasteiger partial charge in [-0.05, 0) is 69.7 Å². The van der Waals surface area contributed by atoms with Gasteiger partial charge in [-0.15, -0.1) is 0 Å². The second kappa shape index (κ2) is 9.23. The average molecular weight is 435 g/mol. The van der Waals surface area contributed by atoms with Gasteiger partial charge in [0.25, 0.3) is 0 Å². The van der Waals surface area contributed by atoms with E-state index < -0.39 is 5.60 Å². The number of anilines is 1. The smallest absolute Gasteiger partial charge is 0.407 e. The highest BCUT2D eigenvalue weighted by Crippen LogP contribution is 2.28. The molecule has 0 aliphatic carbocycles. The molecule has 1 aliphatic heterocycles. The van der Waals surface area contributed by atoms with E-state index in [4.69, 9.17) is 9.72 Å². The van der Waals surface area contributed by atoms with Crippen molar-refractivity contribution in [1.29, 1.82) is 0 Å². The van der Waals surface area contributed by atoms with E-state index in [0.29, 0.717) is 12.5 Å². The first-order valence-electron chi connectivity index (χ1n) is 11.5. The molecule has 1 aliphatic rings. The number of ether oxygens (including phenoxy) is 1. The number of carbonyl (C=O) groups excluding carboxylic acids is 1. The first-order valence-corrected chi connectivity index (χ1v) is 11.5. The van der Waals surface area contributed by atoms with Gasteiger partial charge < -0.3 is 19.5 Å². The van der Waals surface area contributed by atoms with E-state index in [9.17, 15) is 4.79 Å². The molecule has 0 radical (unpaired) electrons. The van der Waals surface area contributed by atoms with Crippen LogP contribution in [0.5, 0.6) is 0 Å². The number of benzene rings is 2. The van der Waals surface area contributed by atoms with Crippen LogP contribution in [0.15, 0.2) is 48.5 Å². The maximum Gasteiger partial charge on any atom is 0.407 e. The van der Waals surface area contributed by atoms with E-state index in [2.05, 4.69) is 64.2 Å². The number of piperidine rings is 1. The van der Waals surface area contributed by atoms with Crippen molar-refractivity contribution in [3.8, 4) is 0 Å². The molecule has 1 N–H and O–H groups in total. The average Bonchev–Trinajstić information content (AvgIpc) is 3.11. The van der Waals surface area contributed by atoms with Gasteiger partial charge in [0, 0.05) is 19.6 Å². The number of alkyl carbamates (subject to hydrolysis) is 1. The molecule has 1 aromatic heterocycles. The minimum absolute atomic E-state index is 0.346. The highest BCUT2D eigenvalue weighted by atomic mass is 16.6. The fourth-order valence-corrected chi connectivity index (χ4v) is 4.37. The number of rotatable bonds is 5. The molecule has 1 saturated heterocycles. The zero-order valence-electron chi connectivity index (χ0n) is 19.6. The molecule has 2 aromatic carbocycles. The van der Waals surface area contributed by atoms with Crippen LogP contribution in [0.3, 0.4) is 0 Å². The van der Waals surface area contributed by atoms with Crippen molar-refractivity contribution >= 4 is 23.1 Å². The van der Waals surface area contributed by atoms with Crippen molar-refractivity contribution in [3.63, 3.8) is 0 Å². The minimum Gasteiger partial charge on any atom is -0.444 e. The molecule has 1 fully saturated rings. The Bertz CT molecular complexity index is 1080. The molecule has 0 spiro atoms. The van der Waals surface area contributed by atoms with Gasteiger partial charge in [0.1, 0.15) is 5.60 Å². The molecule has 32 heavy (non-hydrogen) atoms. The molecule has 0 saturated carbocycles. The summed E-state index contributed by atoms with van der Waals surface area (Å²) in [6, 6.07) is 16.9. The summed E-state index contributed by atoms with van der Waals surface area (Å²) in [5.41, 5.74) is 4.28. The number of nitrogens with zero attached hydrogens (tertiary/aromatic N) is 3. The summed E-state index contributed by atoms with van der Waals surface area (Å²) in [6.45, 7) is 11.1. The third-order valence-electron chi connectivity index (χ3n) is 5.96. The monoisotopic (exact) mass is 434 g/mol. The van der Waals surface area contributed by atoms with Gasteiger partial charge in [0.2, 0.25) is 5.95 Å². The van der Waals surface area contributed by atoms with Crippen LogP contribution in [0.1, 0.15) is 44.7 Å². The number of hydrogen-bond acceptors (Lipinski definition) is 4. The van der Waals surface area contributed by atoms with Crippen LogP contribution >= 0.6 is 0 Å². The topological polar surface area (TPSA) is 59.4 Å². The van der Waals surface area contributed by atoms with E-state index in [1.54, 1.807) is 0 Å². The van der Waals surface area contributed by atoms with Crippen molar-refractivity contribution < 1.29 is 9.53 Å². The van der Waals surface area contributed by atoms with Crippen LogP contribution in [0.25, 0.3) is 11.0 Å². The van der Waals surface area contributed by atoms with Gasteiger partial charge in [0.15, 0.2) is 0 Å². The summed E-state index contributed by atoms with van der Waals surface area (Å²) in [4.78, 5) is 19.5. The van der Waals surface area contributed by atoms with Gasteiger partial charge in [-0.25, -0.2) is 9.78 Å². The summed E-state index contributed by atoms with van der Waals surface area (Å²) in [5, 5.41) is 2.95. The van der Waals surface area contributed by atoms with Gasteiger partial charge >= 0.3 is 6.09 Å². The lowest BCUT2D eigenvalue weighted by molar-refractivity contribution is 0.0517. The third-order valence-corrected chi connectivity index (χ3v) is 5.96. The molecule has 1 atom stereocenters.